The lowest BCUT2D eigenvalue weighted by atomic mass is 9.95. The van der Waals surface area contributed by atoms with Gasteiger partial charge in [-0.25, -0.2) is 23.7 Å². The Balaban J connectivity index is 1.28. The first-order valence-electron chi connectivity index (χ1n) is 13.2. The Morgan fingerprint density at radius 3 is 2.62 bits per heavy atom. The molecule has 3 fully saturated rings. The van der Waals surface area contributed by atoms with Gasteiger partial charge in [0.1, 0.15) is 11.9 Å². The first kappa shape index (κ1) is 24.8. The molecule has 3 aliphatic rings. The Hall–Kier alpha value is -4.20. The van der Waals surface area contributed by atoms with Crippen molar-refractivity contribution in [3.8, 4) is 11.8 Å². The Kier molecular flexibility index (Phi) is 5.53. The van der Waals surface area contributed by atoms with Gasteiger partial charge in [0.2, 0.25) is 5.82 Å². The maximum Gasteiger partial charge on any atom is 0.209 e. The highest BCUT2D eigenvalue weighted by atomic mass is 19.2. The van der Waals surface area contributed by atoms with Gasteiger partial charge >= 0.3 is 0 Å². The van der Waals surface area contributed by atoms with Crippen molar-refractivity contribution in [1.82, 2.24) is 19.5 Å². The lowest BCUT2D eigenvalue weighted by molar-refractivity contribution is -0.128. The van der Waals surface area contributed by atoms with E-state index in [9.17, 15) is 23.8 Å². The first-order valence-corrected chi connectivity index (χ1v) is 13.2. The maximum atomic E-state index is 13.7. The molecule has 8 nitrogen and oxygen atoms in total. The van der Waals surface area contributed by atoms with Gasteiger partial charge in [-0.2, -0.15) is 0 Å². The number of ketones is 1. The summed E-state index contributed by atoms with van der Waals surface area (Å²) >= 11 is 0. The van der Waals surface area contributed by atoms with E-state index in [0.717, 1.165) is 18.6 Å². The van der Waals surface area contributed by atoms with Crippen molar-refractivity contribution in [2.24, 2.45) is 11.3 Å². The van der Waals surface area contributed by atoms with E-state index < -0.39 is 35.3 Å². The zero-order valence-corrected chi connectivity index (χ0v) is 21.4. The van der Waals surface area contributed by atoms with E-state index in [1.165, 1.54) is 18.6 Å². The second kappa shape index (κ2) is 8.91. The number of halogens is 2. The monoisotopic (exact) mass is 541 g/mol. The van der Waals surface area contributed by atoms with Crippen LogP contribution in [0, 0.1) is 34.8 Å². The van der Waals surface area contributed by atoms with E-state index in [0.29, 0.717) is 29.3 Å². The van der Waals surface area contributed by atoms with Gasteiger partial charge in [-0.05, 0) is 55.4 Å². The molecule has 10 heteroatoms. The number of fused-ring (bicyclic) bond motifs is 2. The molecule has 3 N–H and O–H groups in total. The third kappa shape index (κ3) is 3.80. The Bertz CT molecular complexity index is 1730. The van der Waals surface area contributed by atoms with Crippen LogP contribution < -0.4 is 5.32 Å². The normalized spacial score (nSPS) is 29.9. The number of carbonyl (C=O) groups excluding carboxylic acids is 1. The molecule has 7 atom stereocenters. The zero-order valence-electron chi connectivity index (χ0n) is 21.4. The highest BCUT2D eigenvalue weighted by Crippen LogP contribution is 2.68. The van der Waals surface area contributed by atoms with Gasteiger partial charge in [-0.1, -0.05) is 36.3 Å². The maximum absolute atomic E-state index is 13.7. The Morgan fingerprint density at radius 2 is 1.90 bits per heavy atom. The molecule has 2 aromatic carbocycles. The van der Waals surface area contributed by atoms with Gasteiger partial charge in [0.05, 0.1) is 23.9 Å². The van der Waals surface area contributed by atoms with Crippen LogP contribution in [0.3, 0.4) is 0 Å². The molecule has 2 aromatic heterocycles. The number of Topliss-reactive ketones (excluding diaryl/α,β-unsaturated/α-hetero) is 1. The predicted octanol–water partition coefficient (Wildman–Crippen LogP) is 3.34. The van der Waals surface area contributed by atoms with Crippen molar-refractivity contribution in [1.29, 1.82) is 0 Å². The van der Waals surface area contributed by atoms with E-state index in [2.05, 4.69) is 44.2 Å². The van der Waals surface area contributed by atoms with Crippen molar-refractivity contribution in [3.05, 3.63) is 83.4 Å². The Morgan fingerprint density at radius 1 is 1.10 bits per heavy atom. The van der Waals surface area contributed by atoms with Gasteiger partial charge in [-0.15, -0.1) is 0 Å². The summed E-state index contributed by atoms with van der Waals surface area (Å²) in [7, 11) is 0. The molecular weight excluding hydrogens is 516 g/mol. The average Bonchev–Trinajstić information content (AvgIpc) is 3.83. The number of nitrogens with zero attached hydrogens (tertiary/aromatic N) is 4. The molecule has 0 radical (unpaired) electrons. The minimum Gasteiger partial charge on any atom is -0.389 e. The van der Waals surface area contributed by atoms with Crippen molar-refractivity contribution >= 4 is 22.8 Å². The number of benzene rings is 2. The smallest absolute Gasteiger partial charge is 0.209 e. The number of anilines is 1. The molecule has 3 saturated carbocycles. The summed E-state index contributed by atoms with van der Waals surface area (Å²) in [6.45, 7) is 1.44. The van der Waals surface area contributed by atoms with E-state index in [4.69, 9.17) is 0 Å². The topological polar surface area (TPSA) is 113 Å². The SMILES string of the molecule is CC(=O)[C@@]12CC1[C@@H](n1cnc3c(N[C@@H]4CC4c4ccccc4)nc(C#Cc4ccc(F)c(F)c4)nc31)[C@H](O)C2O. The van der Waals surface area contributed by atoms with Crippen LogP contribution in [-0.4, -0.2) is 53.8 Å². The number of hydrogen-bond donors (Lipinski definition) is 3. The van der Waals surface area contributed by atoms with Crippen LogP contribution in [0.15, 0.2) is 54.9 Å². The zero-order chi connectivity index (χ0) is 27.8. The molecule has 2 heterocycles. The molecule has 40 heavy (non-hydrogen) atoms. The summed E-state index contributed by atoms with van der Waals surface area (Å²) in [5.41, 5.74) is 1.38. The van der Waals surface area contributed by atoms with E-state index in [1.54, 1.807) is 10.9 Å². The molecule has 202 valence electrons. The minimum absolute atomic E-state index is 0.116. The number of aromatic nitrogens is 4. The fraction of sp³-hybridized carbons (Fsp3) is 0.333. The lowest BCUT2D eigenvalue weighted by Gasteiger charge is -2.23. The number of carbonyl (C=O) groups is 1. The number of imidazole rings is 1. The van der Waals surface area contributed by atoms with Crippen LogP contribution in [0.5, 0.6) is 0 Å². The molecular formula is C30H25F2N5O3. The van der Waals surface area contributed by atoms with Crippen LogP contribution in [0.2, 0.25) is 0 Å². The first-order chi connectivity index (χ1) is 19.3. The average molecular weight is 542 g/mol. The highest BCUT2D eigenvalue weighted by molar-refractivity contribution is 5.88. The predicted molar refractivity (Wildman–Crippen MR) is 141 cm³/mol. The van der Waals surface area contributed by atoms with Crippen molar-refractivity contribution in [3.63, 3.8) is 0 Å². The van der Waals surface area contributed by atoms with Gasteiger partial charge < -0.3 is 20.1 Å². The van der Waals surface area contributed by atoms with Gasteiger partial charge in [0.15, 0.2) is 28.6 Å². The molecule has 0 bridgehead atoms. The summed E-state index contributed by atoms with van der Waals surface area (Å²) in [4.78, 5) is 26.2. The molecule has 0 spiro atoms. The highest BCUT2D eigenvalue weighted by Gasteiger charge is 2.74. The summed E-state index contributed by atoms with van der Waals surface area (Å²) in [6, 6.07) is 13.0. The molecule has 7 rings (SSSR count). The number of hydrogen-bond acceptors (Lipinski definition) is 7. The second-order valence-electron chi connectivity index (χ2n) is 10.9. The van der Waals surface area contributed by atoms with Gasteiger partial charge in [0, 0.05) is 17.5 Å². The van der Waals surface area contributed by atoms with E-state index in [-0.39, 0.29) is 29.1 Å². The van der Waals surface area contributed by atoms with Crippen molar-refractivity contribution < 1.29 is 23.8 Å². The van der Waals surface area contributed by atoms with E-state index >= 15 is 0 Å². The standard InChI is InChI=1S/C30H25F2N5O3/c1-15(38)30-13-19(30)25(26(39)27(30)40)37-14-33-24-28(34-22-12-18(22)17-5-3-2-4-6-17)35-23(36-29(24)37)10-8-16-7-9-20(31)21(32)11-16/h2-7,9,11,14,18-19,22,25-27,39-40H,12-13H2,1H3,(H,34,35,36)/t18?,19?,22-,25-,26+,27?,30+/m1/s1. The summed E-state index contributed by atoms with van der Waals surface area (Å²) in [5.74, 6) is 4.16. The summed E-state index contributed by atoms with van der Waals surface area (Å²) in [5, 5.41) is 25.2. The molecule has 0 amide bonds. The van der Waals surface area contributed by atoms with Crippen LogP contribution in [0.1, 0.15) is 48.7 Å². The van der Waals surface area contributed by atoms with Crippen LogP contribution in [0.25, 0.3) is 11.2 Å². The number of rotatable bonds is 5. The largest absolute Gasteiger partial charge is 0.389 e. The molecule has 3 aliphatic carbocycles. The fourth-order valence-electron chi connectivity index (χ4n) is 6.36. The number of aliphatic hydroxyl groups is 2. The van der Waals surface area contributed by atoms with Gasteiger partial charge in [-0.3, -0.25) is 4.79 Å². The lowest BCUT2D eigenvalue weighted by Crippen LogP contribution is -2.36. The molecule has 0 saturated heterocycles. The van der Waals surface area contributed by atoms with Gasteiger partial charge in [0.25, 0.3) is 0 Å². The fourth-order valence-corrected chi connectivity index (χ4v) is 6.36. The minimum atomic E-state index is -1.18. The third-order valence-corrected chi connectivity index (χ3v) is 8.65. The quantitative estimate of drug-likeness (QED) is 0.332. The summed E-state index contributed by atoms with van der Waals surface area (Å²) in [6.07, 6.45) is 0.582. The molecule has 0 aliphatic heterocycles. The van der Waals surface area contributed by atoms with E-state index in [1.807, 2.05) is 18.2 Å². The second-order valence-corrected chi connectivity index (χ2v) is 10.9. The molecule has 4 aromatic rings. The number of aliphatic hydroxyl groups excluding tert-OH is 2. The third-order valence-electron chi connectivity index (χ3n) is 8.65. The molecule has 3 unspecified atom stereocenters. The van der Waals surface area contributed by atoms with Crippen molar-refractivity contribution in [2.45, 2.75) is 50.0 Å². The van der Waals surface area contributed by atoms with Crippen molar-refractivity contribution in [2.75, 3.05) is 5.32 Å². The van der Waals surface area contributed by atoms with Crippen LogP contribution in [0.4, 0.5) is 14.6 Å². The van der Waals surface area contributed by atoms with Crippen LogP contribution >= 0.6 is 0 Å². The number of nitrogens with one attached hydrogen (secondary N) is 1. The van der Waals surface area contributed by atoms with Crippen LogP contribution in [-0.2, 0) is 4.79 Å². The Labute approximate surface area is 228 Å². The summed E-state index contributed by atoms with van der Waals surface area (Å²) < 4.78 is 28.8.